The first-order chi connectivity index (χ1) is 14.1. The predicted octanol–water partition coefficient (Wildman–Crippen LogP) is 3.09. The lowest BCUT2D eigenvalue weighted by atomic mass is 9.38. The first-order valence-corrected chi connectivity index (χ1v) is 10.9. The van der Waals surface area contributed by atoms with E-state index in [0.29, 0.717) is 6.04 Å². The molecule has 154 valence electrons. The predicted molar refractivity (Wildman–Crippen MR) is 107 cm³/mol. The third-order valence-corrected chi connectivity index (χ3v) is 9.16. The SMILES string of the molecule is COC(=O)[C@H]1C[C@@]23CCCN4CC[C@]5(c6ccccc6N(C(=O)OC)[C@@]15CC2)[C@@H]43. The molecule has 3 saturated carbocycles. The first-order valence-electron chi connectivity index (χ1n) is 10.9. The minimum atomic E-state index is -0.602. The molecule has 1 aromatic carbocycles. The van der Waals surface area contributed by atoms with Crippen LogP contribution in [0.5, 0.6) is 0 Å². The third kappa shape index (κ3) is 1.72. The molecule has 2 bridgehead atoms. The van der Waals surface area contributed by atoms with Gasteiger partial charge in [-0.15, -0.1) is 0 Å². The van der Waals surface area contributed by atoms with Crippen molar-refractivity contribution in [2.45, 2.75) is 55.5 Å². The molecule has 3 aliphatic carbocycles. The van der Waals surface area contributed by atoms with Crippen LogP contribution >= 0.6 is 0 Å². The first kappa shape index (κ1) is 17.8. The summed E-state index contributed by atoms with van der Waals surface area (Å²) in [5.74, 6) is -0.491. The molecule has 0 aromatic heterocycles. The van der Waals surface area contributed by atoms with E-state index in [4.69, 9.17) is 9.47 Å². The molecule has 0 radical (unpaired) electrons. The van der Waals surface area contributed by atoms with Crippen LogP contribution in [0.15, 0.2) is 24.3 Å². The molecular weight excluding hydrogens is 368 g/mol. The van der Waals surface area contributed by atoms with E-state index >= 15 is 0 Å². The highest BCUT2D eigenvalue weighted by atomic mass is 16.5. The van der Waals surface area contributed by atoms with Crippen LogP contribution in [0.3, 0.4) is 0 Å². The van der Waals surface area contributed by atoms with Gasteiger partial charge in [0.15, 0.2) is 0 Å². The number of anilines is 1. The second-order valence-corrected chi connectivity index (χ2v) is 9.65. The van der Waals surface area contributed by atoms with E-state index < -0.39 is 5.54 Å². The van der Waals surface area contributed by atoms with E-state index in [2.05, 4.69) is 17.0 Å². The fraction of sp³-hybridized carbons (Fsp3) is 0.652. The second kappa shape index (κ2) is 5.54. The van der Waals surface area contributed by atoms with Crippen LogP contribution in [0.25, 0.3) is 0 Å². The summed E-state index contributed by atoms with van der Waals surface area (Å²) in [6, 6.07) is 8.68. The number of carbonyl (C=O) groups is 2. The Morgan fingerprint density at radius 2 is 1.86 bits per heavy atom. The molecule has 0 N–H and O–H groups in total. The van der Waals surface area contributed by atoms with Gasteiger partial charge >= 0.3 is 12.1 Å². The number of fused-ring (bicyclic) bond motifs is 3. The second-order valence-electron chi connectivity index (χ2n) is 9.65. The summed E-state index contributed by atoms with van der Waals surface area (Å²) < 4.78 is 10.7. The Morgan fingerprint density at radius 1 is 1.03 bits per heavy atom. The van der Waals surface area contributed by atoms with Gasteiger partial charge in [-0.3, -0.25) is 14.6 Å². The monoisotopic (exact) mass is 396 g/mol. The number of ether oxygens (including phenoxy) is 2. The van der Waals surface area contributed by atoms with E-state index in [1.807, 2.05) is 17.0 Å². The summed E-state index contributed by atoms with van der Waals surface area (Å²) in [4.78, 5) is 31.0. The van der Waals surface area contributed by atoms with Crippen LogP contribution in [-0.2, 0) is 19.7 Å². The van der Waals surface area contributed by atoms with Gasteiger partial charge in [0.25, 0.3) is 0 Å². The molecule has 3 aliphatic heterocycles. The van der Waals surface area contributed by atoms with Gasteiger partial charge in [-0.2, -0.15) is 0 Å². The zero-order valence-electron chi connectivity index (χ0n) is 17.1. The van der Waals surface area contributed by atoms with Crippen molar-refractivity contribution in [1.82, 2.24) is 4.90 Å². The molecule has 0 unspecified atom stereocenters. The Hall–Kier alpha value is -2.08. The number of carbonyl (C=O) groups excluding carboxylic acids is 2. The van der Waals surface area contributed by atoms with Gasteiger partial charge in [0.2, 0.25) is 0 Å². The van der Waals surface area contributed by atoms with E-state index in [1.54, 1.807) is 0 Å². The maximum atomic E-state index is 13.2. The van der Waals surface area contributed by atoms with Crippen LogP contribution in [0, 0.1) is 11.3 Å². The van der Waals surface area contributed by atoms with Crippen LogP contribution < -0.4 is 4.90 Å². The van der Waals surface area contributed by atoms with Crippen LogP contribution in [-0.4, -0.2) is 55.9 Å². The quantitative estimate of drug-likeness (QED) is 0.683. The van der Waals surface area contributed by atoms with Crippen molar-refractivity contribution in [2.24, 2.45) is 11.3 Å². The van der Waals surface area contributed by atoms with Crippen molar-refractivity contribution in [3.05, 3.63) is 29.8 Å². The van der Waals surface area contributed by atoms with Gasteiger partial charge in [-0.25, -0.2) is 4.79 Å². The molecule has 3 spiro atoms. The summed E-state index contributed by atoms with van der Waals surface area (Å²) in [6.45, 7) is 2.15. The topological polar surface area (TPSA) is 59.1 Å². The Morgan fingerprint density at radius 3 is 2.66 bits per heavy atom. The third-order valence-electron chi connectivity index (χ3n) is 9.16. The number of methoxy groups -OCH3 is 2. The Kier molecular flexibility index (Phi) is 3.39. The van der Waals surface area contributed by atoms with Crippen LogP contribution in [0.2, 0.25) is 0 Å². The highest BCUT2D eigenvalue weighted by molar-refractivity contribution is 5.97. The van der Waals surface area contributed by atoms with Crippen molar-refractivity contribution in [2.75, 3.05) is 32.2 Å². The van der Waals surface area contributed by atoms with Crippen molar-refractivity contribution >= 4 is 17.7 Å². The van der Waals surface area contributed by atoms with Crippen molar-refractivity contribution in [1.29, 1.82) is 0 Å². The minimum absolute atomic E-state index is 0.134. The summed E-state index contributed by atoms with van der Waals surface area (Å²) >= 11 is 0. The lowest BCUT2D eigenvalue weighted by Gasteiger charge is -2.69. The number of piperidine rings is 1. The van der Waals surface area contributed by atoms with Gasteiger partial charge in [0.1, 0.15) is 0 Å². The number of hydrogen-bond acceptors (Lipinski definition) is 5. The fourth-order valence-electron chi connectivity index (χ4n) is 8.59. The Labute approximate surface area is 171 Å². The van der Waals surface area contributed by atoms with Crippen molar-refractivity contribution < 1.29 is 19.1 Å². The molecule has 1 aromatic rings. The van der Waals surface area contributed by atoms with E-state index in [9.17, 15) is 9.59 Å². The summed E-state index contributed by atoms with van der Waals surface area (Å²) in [7, 11) is 2.92. The van der Waals surface area contributed by atoms with Crippen LogP contribution in [0.1, 0.15) is 44.1 Å². The zero-order chi connectivity index (χ0) is 20.0. The number of esters is 1. The van der Waals surface area contributed by atoms with Crippen LogP contribution in [0.4, 0.5) is 10.5 Å². The lowest BCUT2D eigenvalue weighted by Crippen LogP contribution is -2.79. The van der Waals surface area contributed by atoms with E-state index in [-0.39, 0.29) is 28.8 Å². The highest BCUT2D eigenvalue weighted by Gasteiger charge is 2.81. The van der Waals surface area contributed by atoms with E-state index in [1.165, 1.54) is 32.6 Å². The Balaban J connectivity index is 1.69. The summed E-state index contributed by atoms with van der Waals surface area (Å²) in [5, 5.41) is 0. The smallest absolute Gasteiger partial charge is 0.414 e. The number of rotatable bonds is 1. The molecule has 1 amide bonds. The van der Waals surface area contributed by atoms with Gasteiger partial charge in [0, 0.05) is 11.5 Å². The van der Waals surface area contributed by atoms with Gasteiger partial charge in [0.05, 0.1) is 31.4 Å². The molecular formula is C23H28N2O4. The maximum Gasteiger partial charge on any atom is 0.414 e. The summed E-state index contributed by atoms with van der Waals surface area (Å²) in [5.41, 5.74) is 1.47. The minimum Gasteiger partial charge on any atom is -0.469 e. The largest absolute Gasteiger partial charge is 0.469 e. The van der Waals surface area contributed by atoms with Gasteiger partial charge in [-0.05, 0) is 68.7 Å². The molecule has 6 nitrogen and oxygen atoms in total. The molecule has 29 heavy (non-hydrogen) atoms. The maximum absolute atomic E-state index is 13.2. The number of benzene rings is 1. The zero-order valence-corrected chi connectivity index (χ0v) is 17.1. The van der Waals surface area contributed by atoms with Crippen molar-refractivity contribution in [3.63, 3.8) is 0 Å². The number of para-hydroxylation sites is 1. The van der Waals surface area contributed by atoms with Gasteiger partial charge < -0.3 is 9.47 Å². The number of hydrogen-bond donors (Lipinski definition) is 0. The molecule has 3 heterocycles. The molecule has 2 saturated heterocycles. The summed E-state index contributed by atoms with van der Waals surface area (Å²) in [6.07, 6.45) is 5.69. The highest BCUT2D eigenvalue weighted by Crippen LogP contribution is 2.75. The number of amides is 1. The van der Waals surface area contributed by atoms with Crippen molar-refractivity contribution in [3.8, 4) is 0 Å². The average molecular weight is 396 g/mol. The Bertz CT molecular complexity index is 918. The van der Waals surface area contributed by atoms with Gasteiger partial charge in [-0.1, -0.05) is 18.2 Å². The fourth-order valence-corrected chi connectivity index (χ4v) is 8.59. The lowest BCUT2D eigenvalue weighted by molar-refractivity contribution is -0.174. The molecule has 5 atom stereocenters. The molecule has 6 aliphatic rings. The number of nitrogens with zero attached hydrogens (tertiary/aromatic N) is 2. The molecule has 5 fully saturated rings. The normalized spacial score (nSPS) is 41.5. The standard InChI is InChI=1S/C23H28N2O4/c1-28-18(26)16-14-21-8-5-12-24-13-11-22(19(21)24)15-6-3-4-7-17(15)25(20(27)29-2)23(16,22)10-9-21/h3-4,6-7,16,19H,5,8-14H2,1-2H3/t16-,19+,21-,22+,23+/m1/s1. The van der Waals surface area contributed by atoms with E-state index in [0.717, 1.165) is 44.5 Å². The molecule has 7 rings (SSSR count). The average Bonchev–Trinajstić information content (AvgIpc) is 3.29. The molecule has 6 heteroatoms.